The van der Waals surface area contributed by atoms with E-state index < -0.39 is 12.0 Å². The molecule has 0 radical (unpaired) electrons. The molecule has 1 amide bonds. The molecule has 7 heteroatoms. The van der Waals surface area contributed by atoms with Crippen molar-refractivity contribution < 1.29 is 14.7 Å². The highest BCUT2D eigenvalue weighted by Crippen LogP contribution is 2.20. The fourth-order valence-corrected chi connectivity index (χ4v) is 3.19. The molecule has 1 atom stereocenters. The number of benzene rings is 1. The van der Waals surface area contributed by atoms with Crippen molar-refractivity contribution in [3.63, 3.8) is 0 Å². The molecule has 0 aliphatic carbocycles. The Morgan fingerprint density at radius 2 is 1.92 bits per heavy atom. The molecule has 1 fully saturated rings. The zero-order valence-electron chi connectivity index (χ0n) is 14.5. The predicted octanol–water partition coefficient (Wildman–Crippen LogP) is 1.89. The lowest BCUT2D eigenvalue weighted by atomic mass is 10.0. The molecular weight excluding hydrogens is 320 g/mol. The van der Waals surface area contributed by atoms with E-state index in [1.54, 1.807) is 4.68 Å². The van der Waals surface area contributed by atoms with Crippen LogP contribution >= 0.6 is 0 Å². The van der Waals surface area contributed by atoms with Gasteiger partial charge in [-0.05, 0) is 45.2 Å². The lowest BCUT2D eigenvalue weighted by molar-refractivity contribution is -0.151. The van der Waals surface area contributed by atoms with Crippen molar-refractivity contribution in [2.75, 3.05) is 6.54 Å². The molecule has 1 unspecified atom stereocenters. The van der Waals surface area contributed by atoms with Gasteiger partial charge in [-0.2, -0.15) is 0 Å². The van der Waals surface area contributed by atoms with Crippen LogP contribution in [-0.2, 0) is 16.0 Å². The number of aryl methyl sites for hydroxylation is 1. The van der Waals surface area contributed by atoms with E-state index in [-0.39, 0.29) is 12.3 Å². The first-order chi connectivity index (χ1) is 12.0. The average Bonchev–Trinajstić information content (AvgIpc) is 2.96. The van der Waals surface area contributed by atoms with Gasteiger partial charge in [-0.25, -0.2) is 9.48 Å². The largest absolute Gasteiger partial charge is 0.480 e. The molecule has 132 valence electrons. The maximum atomic E-state index is 12.6. The van der Waals surface area contributed by atoms with Gasteiger partial charge in [0.25, 0.3) is 0 Å². The Kier molecular flexibility index (Phi) is 4.83. The van der Waals surface area contributed by atoms with Crippen molar-refractivity contribution >= 4 is 11.9 Å². The van der Waals surface area contributed by atoms with Crippen LogP contribution in [0.2, 0.25) is 0 Å². The van der Waals surface area contributed by atoms with Gasteiger partial charge in [-0.3, -0.25) is 4.79 Å². The van der Waals surface area contributed by atoms with E-state index in [2.05, 4.69) is 10.3 Å². The first kappa shape index (κ1) is 17.1. The van der Waals surface area contributed by atoms with Gasteiger partial charge in [0.2, 0.25) is 5.91 Å². The number of likely N-dealkylation sites (tertiary alicyclic amines) is 1. The predicted molar refractivity (Wildman–Crippen MR) is 91.5 cm³/mol. The highest BCUT2D eigenvalue weighted by Gasteiger charge is 2.32. The Morgan fingerprint density at radius 1 is 1.20 bits per heavy atom. The van der Waals surface area contributed by atoms with Gasteiger partial charge in [-0.15, -0.1) is 5.10 Å². The average molecular weight is 342 g/mol. The number of carboxylic acid groups (broad SMARTS) is 1. The first-order valence-electron chi connectivity index (χ1n) is 8.48. The highest BCUT2D eigenvalue weighted by molar-refractivity contribution is 5.85. The van der Waals surface area contributed by atoms with Crippen LogP contribution in [0.15, 0.2) is 24.3 Å². The number of carboxylic acids is 1. The van der Waals surface area contributed by atoms with Crippen molar-refractivity contribution in [2.45, 2.75) is 45.6 Å². The number of carbonyl (C=O) groups excluding carboxylic acids is 1. The first-order valence-corrected chi connectivity index (χ1v) is 8.48. The van der Waals surface area contributed by atoms with Gasteiger partial charge in [-0.1, -0.05) is 22.9 Å². The molecule has 2 aromatic rings. The van der Waals surface area contributed by atoms with Crippen molar-refractivity contribution in [3.05, 3.63) is 41.2 Å². The molecule has 1 aliphatic rings. The maximum Gasteiger partial charge on any atom is 0.326 e. The second kappa shape index (κ2) is 7.04. The molecule has 1 aliphatic heterocycles. The molecule has 1 saturated heterocycles. The third-order valence-corrected chi connectivity index (χ3v) is 4.70. The number of aromatic nitrogens is 3. The quantitative estimate of drug-likeness (QED) is 0.917. The summed E-state index contributed by atoms with van der Waals surface area (Å²) in [5, 5.41) is 17.6. The Hall–Kier alpha value is -2.70. The van der Waals surface area contributed by atoms with Crippen LogP contribution < -0.4 is 0 Å². The number of hydrogen-bond donors (Lipinski definition) is 1. The number of piperidine rings is 1. The fourth-order valence-electron chi connectivity index (χ4n) is 3.19. The Morgan fingerprint density at radius 3 is 2.60 bits per heavy atom. The molecule has 0 saturated carbocycles. The number of amides is 1. The van der Waals surface area contributed by atoms with Crippen molar-refractivity contribution in [1.29, 1.82) is 0 Å². The minimum Gasteiger partial charge on any atom is -0.480 e. The Balaban J connectivity index is 1.78. The van der Waals surface area contributed by atoms with Gasteiger partial charge in [0.05, 0.1) is 23.5 Å². The highest BCUT2D eigenvalue weighted by atomic mass is 16.4. The van der Waals surface area contributed by atoms with Crippen LogP contribution in [0.4, 0.5) is 0 Å². The zero-order valence-corrected chi connectivity index (χ0v) is 14.5. The van der Waals surface area contributed by atoms with Gasteiger partial charge in [0.15, 0.2) is 0 Å². The molecule has 25 heavy (non-hydrogen) atoms. The molecule has 0 spiro atoms. The van der Waals surface area contributed by atoms with E-state index in [0.29, 0.717) is 18.7 Å². The molecule has 1 N–H and O–H groups in total. The normalized spacial score (nSPS) is 17.5. The summed E-state index contributed by atoms with van der Waals surface area (Å²) in [4.78, 5) is 25.5. The van der Waals surface area contributed by atoms with Crippen LogP contribution in [0.25, 0.3) is 5.69 Å². The van der Waals surface area contributed by atoms with E-state index in [1.165, 1.54) is 4.90 Å². The summed E-state index contributed by atoms with van der Waals surface area (Å²) in [6, 6.07) is 7.16. The fraction of sp³-hybridized carbons (Fsp3) is 0.444. The van der Waals surface area contributed by atoms with Crippen LogP contribution in [-0.4, -0.2) is 49.5 Å². The number of nitrogens with zero attached hydrogens (tertiary/aromatic N) is 4. The molecule has 7 nitrogen and oxygen atoms in total. The summed E-state index contributed by atoms with van der Waals surface area (Å²) in [5.74, 6) is -1.14. The number of hydrogen-bond acceptors (Lipinski definition) is 4. The van der Waals surface area contributed by atoms with Crippen molar-refractivity contribution in [3.8, 4) is 5.69 Å². The molecule has 1 aromatic carbocycles. The van der Waals surface area contributed by atoms with Crippen LogP contribution in [0.1, 0.15) is 36.2 Å². The van der Waals surface area contributed by atoms with E-state index in [0.717, 1.165) is 29.8 Å². The van der Waals surface area contributed by atoms with E-state index >= 15 is 0 Å². The van der Waals surface area contributed by atoms with Gasteiger partial charge < -0.3 is 10.0 Å². The summed E-state index contributed by atoms with van der Waals surface area (Å²) >= 11 is 0. The van der Waals surface area contributed by atoms with E-state index in [1.807, 2.05) is 38.1 Å². The Labute approximate surface area is 146 Å². The summed E-state index contributed by atoms with van der Waals surface area (Å²) in [5.41, 5.74) is 3.42. The third kappa shape index (κ3) is 3.55. The number of rotatable bonds is 4. The molecule has 1 aromatic heterocycles. The Bertz CT molecular complexity index is 782. The summed E-state index contributed by atoms with van der Waals surface area (Å²) < 4.78 is 1.70. The van der Waals surface area contributed by atoms with Crippen molar-refractivity contribution in [1.82, 2.24) is 19.9 Å². The summed E-state index contributed by atoms with van der Waals surface area (Å²) in [7, 11) is 0. The second-order valence-electron chi connectivity index (χ2n) is 6.48. The van der Waals surface area contributed by atoms with Gasteiger partial charge in [0.1, 0.15) is 6.04 Å². The van der Waals surface area contributed by atoms with Crippen LogP contribution in [0.3, 0.4) is 0 Å². The third-order valence-electron chi connectivity index (χ3n) is 4.70. The maximum absolute atomic E-state index is 12.6. The van der Waals surface area contributed by atoms with Gasteiger partial charge >= 0.3 is 5.97 Å². The topological polar surface area (TPSA) is 88.3 Å². The molecular formula is C18H22N4O3. The number of aliphatic carboxylic acids is 1. The lowest BCUT2D eigenvalue weighted by Crippen LogP contribution is -2.48. The summed E-state index contributed by atoms with van der Waals surface area (Å²) in [6.45, 7) is 4.37. The molecule has 3 rings (SSSR count). The zero-order chi connectivity index (χ0) is 18.0. The molecule has 2 heterocycles. The minimum atomic E-state index is -0.937. The standard InChI is InChI=1S/C18H22N4O3/c1-12-6-8-14(9-7-12)22-13(2)15(19-20-22)11-17(23)21-10-4-3-5-16(21)18(24)25/h6-9,16H,3-5,10-11H2,1-2H3,(H,24,25). The van der Waals surface area contributed by atoms with E-state index in [9.17, 15) is 14.7 Å². The molecule has 0 bridgehead atoms. The lowest BCUT2D eigenvalue weighted by Gasteiger charge is -2.32. The van der Waals surface area contributed by atoms with Gasteiger partial charge in [0, 0.05) is 6.54 Å². The number of carbonyl (C=O) groups is 2. The smallest absolute Gasteiger partial charge is 0.326 e. The van der Waals surface area contributed by atoms with Crippen LogP contribution in [0.5, 0.6) is 0 Å². The summed E-state index contributed by atoms with van der Waals surface area (Å²) in [6.07, 6.45) is 2.26. The van der Waals surface area contributed by atoms with Crippen LogP contribution in [0, 0.1) is 13.8 Å². The second-order valence-corrected chi connectivity index (χ2v) is 6.48. The monoisotopic (exact) mass is 342 g/mol. The van der Waals surface area contributed by atoms with E-state index in [4.69, 9.17) is 0 Å². The SMILES string of the molecule is Cc1ccc(-n2nnc(CC(=O)N3CCCCC3C(=O)O)c2C)cc1. The minimum absolute atomic E-state index is 0.0709. The van der Waals surface area contributed by atoms with Crippen molar-refractivity contribution in [2.24, 2.45) is 0 Å².